The number of likely N-dealkylation sites (N-methyl/N-ethyl adjacent to an activating group) is 1. The van der Waals surface area contributed by atoms with Gasteiger partial charge in [0.15, 0.2) is 0 Å². The van der Waals surface area contributed by atoms with Gasteiger partial charge in [0.2, 0.25) is 11.8 Å². The summed E-state index contributed by atoms with van der Waals surface area (Å²) in [7, 11) is 1.60. The first-order valence-corrected chi connectivity index (χ1v) is 10.7. The van der Waals surface area contributed by atoms with Gasteiger partial charge in [0.05, 0.1) is 0 Å². The molecule has 0 radical (unpaired) electrons. The first-order chi connectivity index (χ1) is 15.0. The van der Waals surface area contributed by atoms with Gasteiger partial charge in [-0.1, -0.05) is 90.5 Å². The lowest BCUT2D eigenvalue weighted by atomic mass is 9.88. The second-order valence-corrected chi connectivity index (χ2v) is 7.88. The summed E-state index contributed by atoms with van der Waals surface area (Å²) in [6, 6.07) is 27.7. The van der Waals surface area contributed by atoms with Crippen molar-refractivity contribution in [3.63, 3.8) is 0 Å². The Balaban J connectivity index is 1.90. The minimum atomic E-state index is -0.564. The molecule has 160 valence electrons. The van der Waals surface area contributed by atoms with Crippen LogP contribution in [0.25, 0.3) is 0 Å². The Bertz CT molecular complexity index is 945. The van der Waals surface area contributed by atoms with Gasteiger partial charge in [-0.05, 0) is 30.5 Å². The van der Waals surface area contributed by atoms with Crippen molar-refractivity contribution in [1.82, 2.24) is 10.2 Å². The van der Waals surface area contributed by atoms with E-state index in [1.54, 1.807) is 18.9 Å². The van der Waals surface area contributed by atoms with Crippen LogP contribution in [0.3, 0.4) is 0 Å². The molecule has 4 heteroatoms. The van der Waals surface area contributed by atoms with Gasteiger partial charge in [0, 0.05) is 25.9 Å². The zero-order valence-electron chi connectivity index (χ0n) is 18.4. The van der Waals surface area contributed by atoms with Crippen molar-refractivity contribution in [2.24, 2.45) is 0 Å². The highest BCUT2D eigenvalue weighted by Gasteiger charge is 2.28. The highest BCUT2D eigenvalue weighted by Crippen LogP contribution is 2.29. The van der Waals surface area contributed by atoms with Gasteiger partial charge in [-0.2, -0.15) is 0 Å². The second kappa shape index (κ2) is 10.6. The highest BCUT2D eigenvalue weighted by molar-refractivity contribution is 5.87. The average molecular weight is 415 g/mol. The second-order valence-electron chi connectivity index (χ2n) is 7.88. The lowest BCUT2D eigenvalue weighted by Crippen LogP contribution is -2.47. The number of rotatable bonds is 8. The smallest absolute Gasteiger partial charge is 0.242 e. The standard InChI is InChI=1S/C27H30N2O2/c1-20-14-16-22(17-15-20)19-29(21(2)27(31)28-3)26(30)18-25(23-10-6-4-7-11-23)24-12-8-5-9-13-24/h4-17,21,25H,18-19H2,1-3H3,(H,28,31). The quantitative estimate of drug-likeness (QED) is 0.582. The molecule has 3 rings (SSSR count). The van der Waals surface area contributed by atoms with Crippen molar-refractivity contribution in [2.45, 2.75) is 38.8 Å². The first-order valence-electron chi connectivity index (χ1n) is 10.7. The van der Waals surface area contributed by atoms with E-state index in [0.29, 0.717) is 13.0 Å². The van der Waals surface area contributed by atoms with Crippen LogP contribution >= 0.6 is 0 Å². The third-order valence-corrected chi connectivity index (χ3v) is 5.67. The molecule has 0 aliphatic carbocycles. The van der Waals surface area contributed by atoms with Crippen molar-refractivity contribution in [3.8, 4) is 0 Å². The summed E-state index contributed by atoms with van der Waals surface area (Å²) in [6.45, 7) is 4.21. The summed E-state index contributed by atoms with van der Waals surface area (Å²) in [4.78, 5) is 27.7. The lowest BCUT2D eigenvalue weighted by Gasteiger charge is -2.30. The monoisotopic (exact) mass is 414 g/mol. The van der Waals surface area contributed by atoms with Crippen molar-refractivity contribution < 1.29 is 9.59 Å². The summed E-state index contributed by atoms with van der Waals surface area (Å²) >= 11 is 0. The van der Waals surface area contributed by atoms with E-state index in [4.69, 9.17) is 0 Å². The number of aryl methyl sites for hydroxylation is 1. The van der Waals surface area contributed by atoms with Crippen LogP contribution < -0.4 is 5.32 Å². The molecule has 0 saturated carbocycles. The third-order valence-electron chi connectivity index (χ3n) is 5.67. The van der Waals surface area contributed by atoms with Crippen molar-refractivity contribution >= 4 is 11.8 Å². The number of benzene rings is 3. The van der Waals surface area contributed by atoms with Crippen LogP contribution in [0, 0.1) is 6.92 Å². The summed E-state index contributed by atoms with van der Waals surface area (Å²) < 4.78 is 0. The molecule has 0 aliphatic rings. The number of carbonyl (C=O) groups excluding carboxylic acids is 2. The van der Waals surface area contributed by atoms with Crippen LogP contribution in [0.15, 0.2) is 84.9 Å². The van der Waals surface area contributed by atoms with Gasteiger partial charge in [-0.3, -0.25) is 9.59 Å². The largest absolute Gasteiger partial charge is 0.357 e. The fourth-order valence-electron chi connectivity index (χ4n) is 3.77. The summed E-state index contributed by atoms with van der Waals surface area (Å²) in [5, 5.41) is 2.68. The molecule has 0 bridgehead atoms. The molecular weight excluding hydrogens is 384 g/mol. The Hall–Kier alpha value is -3.40. The SMILES string of the molecule is CNC(=O)C(C)N(Cc1ccc(C)cc1)C(=O)CC(c1ccccc1)c1ccccc1. The van der Waals surface area contributed by atoms with Crippen LogP contribution in [-0.4, -0.2) is 29.8 Å². The van der Waals surface area contributed by atoms with Gasteiger partial charge in [-0.25, -0.2) is 0 Å². The number of amides is 2. The molecule has 0 aromatic heterocycles. The summed E-state index contributed by atoms with van der Waals surface area (Å²) in [5.41, 5.74) is 4.34. The number of carbonyl (C=O) groups is 2. The molecule has 1 N–H and O–H groups in total. The number of hydrogen-bond acceptors (Lipinski definition) is 2. The van der Waals surface area contributed by atoms with E-state index in [-0.39, 0.29) is 17.7 Å². The number of nitrogens with one attached hydrogen (secondary N) is 1. The van der Waals surface area contributed by atoms with Gasteiger partial charge in [0.25, 0.3) is 0 Å². The van der Waals surface area contributed by atoms with Crippen LogP contribution in [-0.2, 0) is 16.1 Å². The van der Waals surface area contributed by atoms with Crippen molar-refractivity contribution in [3.05, 3.63) is 107 Å². The maximum absolute atomic E-state index is 13.6. The Kier molecular flexibility index (Phi) is 7.60. The van der Waals surface area contributed by atoms with E-state index in [1.807, 2.05) is 67.6 Å². The Labute approximate surface area is 184 Å². The van der Waals surface area contributed by atoms with E-state index in [9.17, 15) is 9.59 Å². The average Bonchev–Trinajstić information content (AvgIpc) is 2.82. The molecular formula is C27H30N2O2. The maximum Gasteiger partial charge on any atom is 0.242 e. The van der Waals surface area contributed by atoms with Gasteiger partial charge in [-0.15, -0.1) is 0 Å². The maximum atomic E-state index is 13.6. The van der Waals surface area contributed by atoms with Crippen LogP contribution in [0.1, 0.15) is 41.5 Å². The minimum Gasteiger partial charge on any atom is -0.357 e. The fourth-order valence-corrected chi connectivity index (χ4v) is 3.77. The minimum absolute atomic E-state index is 0.0469. The topological polar surface area (TPSA) is 49.4 Å². The summed E-state index contributed by atoms with van der Waals surface area (Å²) in [6.07, 6.45) is 0.293. The predicted molar refractivity (Wildman–Crippen MR) is 125 cm³/mol. The van der Waals surface area contributed by atoms with E-state index in [0.717, 1.165) is 22.3 Å². The molecule has 31 heavy (non-hydrogen) atoms. The Morgan fingerprint density at radius 2 is 1.35 bits per heavy atom. The zero-order chi connectivity index (χ0) is 22.2. The third kappa shape index (κ3) is 5.82. The molecule has 0 saturated heterocycles. The molecule has 3 aromatic carbocycles. The number of hydrogen-bond donors (Lipinski definition) is 1. The molecule has 1 atom stereocenters. The number of nitrogens with zero attached hydrogens (tertiary/aromatic N) is 1. The van der Waals surface area contributed by atoms with Gasteiger partial charge < -0.3 is 10.2 Å². The van der Waals surface area contributed by atoms with Gasteiger partial charge in [0.1, 0.15) is 6.04 Å². The molecule has 4 nitrogen and oxygen atoms in total. The van der Waals surface area contributed by atoms with E-state index in [1.165, 1.54) is 0 Å². The van der Waals surface area contributed by atoms with Crippen LogP contribution in [0.2, 0.25) is 0 Å². The van der Waals surface area contributed by atoms with Gasteiger partial charge >= 0.3 is 0 Å². The molecule has 1 unspecified atom stereocenters. The molecule has 2 amide bonds. The fraction of sp³-hybridized carbons (Fsp3) is 0.259. The normalized spacial score (nSPS) is 11.7. The predicted octanol–water partition coefficient (Wildman–Crippen LogP) is 4.68. The molecule has 0 aliphatic heterocycles. The zero-order valence-corrected chi connectivity index (χ0v) is 18.4. The molecule has 3 aromatic rings. The Morgan fingerprint density at radius 3 is 1.84 bits per heavy atom. The Morgan fingerprint density at radius 1 is 0.839 bits per heavy atom. The van der Waals surface area contributed by atoms with E-state index < -0.39 is 6.04 Å². The van der Waals surface area contributed by atoms with Crippen molar-refractivity contribution in [2.75, 3.05) is 7.05 Å². The molecule has 0 fully saturated rings. The van der Waals surface area contributed by atoms with E-state index in [2.05, 4.69) is 29.6 Å². The first kappa shape index (κ1) is 22.3. The lowest BCUT2D eigenvalue weighted by molar-refractivity contribution is -0.140. The van der Waals surface area contributed by atoms with Crippen LogP contribution in [0.4, 0.5) is 0 Å². The van der Waals surface area contributed by atoms with E-state index >= 15 is 0 Å². The molecule has 0 spiro atoms. The summed E-state index contributed by atoms with van der Waals surface area (Å²) in [5.74, 6) is -0.293. The van der Waals surface area contributed by atoms with Crippen molar-refractivity contribution in [1.29, 1.82) is 0 Å². The molecule has 0 heterocycles. The van der Waals surface area contributed by atoms with Crippen LogP contribution in [0.5, 0.6) is 0 Å². The highest BCUT2D eigenvalue weighted by atomic mass is 16.2.